The van der Waals surface area contributed by atoms with Gasteiger partial charge in [0.25, 0.3) is 0 Å². The third-order valence-corrected chi connectivity index (χ3v) is 5.14. The summed E-state index contributed by atoms with van der Waals surface area (Å²) >= 11 is 0. The van der Waals surface area contributed by atoms with Gasteiger partial charge in [0.2, 0.25) is 5.75 Å². The first-order chi connectivity index (χ1) is 15.6. The molecule has 0 fully saturated rings. The zero-order valence-corrected chi connectivity index (χ0v) is 18.1. The number of aromatic hydroxyl groups is 6. The number of carbonyl (C=O) groups excluding carboxylic acids is 2. The van der Waals surface area contributed by atoms with Crippen LogP contribution >= 0.6 is 0 Å². The van der Waals surface area contributed by atoms with E-state index in [9.17, 15) is 40.2 Å². The van der Waals surface area contributed by atoms with Gasteiger partial charge in [-0.15, -0.1) is 0 Å². The fourth-order valence-electron chi connectivity index (χ4n) is 3.20. The molecule has 6 N–H and O–H groups in total. The summed E-state index contributed by atoms with van der Waals surface area (Å²) in [7, 11) is 0. The van der Waals surface area contributed by atoms with Crippen LogP contribution in [0.5, 0.6) is 34.5 Å². The van der Waals surface area contributed by atoms with E-state index in [2.05, 4.69) is 14.8 Å². The van der Waals surface area contributed by atoms with E-state index in [1.54, 1.807) is 0 Å². The highest BCUT2D eigenvalue weighted by Crippen LogP contribution is 2.41. The van der Waals surface area contributed by atoms with Crippen molar-refractivity contribution in [3.63, 3.8) is 0 Å². The second-order valence-corrected chi connectivity index (χ2v) is 7.41. The van der Waals surface area contributed by atoms with E-state index in [4.69, 9.17) is 0 Å². The highest BCUT2D eigenvalue weighted by Gasteiger charge is 2.26. The number of phenols is 6. The van der Waals surface area contributed by atoms with Gasteiger partial charge in [-0.05, 0) is 30.5 Å². The molecule has 2 rings (SSSR count). The molecule has 33 heavy (non-hydrogen) atoms. The van der Waals surface area contributed by atoms with Gasteiger partial charge in [0.05, 0.1) is 11.1 Å². The van der Waals surface area contributed by atoms with Gasteiger partial charge in [-0.3, -0.25) is 9.78 Å². The van der Waals surface area contributed by atoms with Crippen LogP contribution in [0.3, 0.4) is 0 Å². The van der Waals surface area contributed by atoms with Crippen molar-refractivity contribution < 1.29 is 55.0 Å². The molecule has 0 aromatic heterocycles. The minimum atomic E-state index is -1.28. The second kappa shape index (κ2) is 11.1. The van der Waals surface area contributed by atoms with E-state index in [0.717, 1.165) is 43.9 Å². The lowest BCUT2D eigenvalue weighted by Crippen LogP contribution is -2.14. The van der Waals surface area contributed by atoms with Crippen LogP contribution < -0.4 is 0 Å². The maximum absolute atomic E-state index is 12.5. The first-order valence-corrected chi connectivity index (χ1v) is 10.2. The van der Waals surface area contributed by atoms with E-state index in [1.165, 1.54) is 0 Å². The third kappa shape index (κ3) is 6.10. The Hall–Kier alpha value is -3.86. The number of hydrogen-bond acceptors (Lipinski definition) is 11. The van der Waals surface area contributed by atoms with Gasteiger partial charge in [0, 0.05) is 10.6 Å². The molecule has 1 unspecified atom stereocenters. The van der Waals surface area contributed by atoms with Crippen molar-refractivity contribution in [3.8, 4) is 34.5 Å². The molecule has 2 aromatic rings. The summed E-state index contributed by atoms with van der Waals surface area (Å²) in [4.78, 5) is 33.1. The SMILES string of the molecule is CCCCC(CC)Cc1c(C(=O)OOOC(=O)c2cc(O)c(O)c(O)c2)cc(O)c(O)c1O. The molecule has 0 amide bonds. The Morgan fingerprint density at radius 1 is 0.818 bits per heavy atom. The van der Waals surface area contributed by atoms with Gasteiger partial charge in [-0.1, -0.05) is 39.5 Å². The van der Waals surface area contributed by atoms with E-state index < -0.39 is 52.0 Å². The standard InChI is InChI=1S/C22H26O11/c1-3-5-6-11(4-2)7-13-14(10-17(25)20(28)18(13)26)22(30)32-33-31-21(29)12-8-15(23)19(27)16(24)9-12/h8-11,23-28H,3-7H2,1-2H3. The number of phenolic OH excluding ortho intramolecular Hbond substituents is 6. The van der Waals surface area contributed by atoms with Crippen molar-refractivity contribution in [2.45, 2.75) is 46.0 Å². The van der Waals surface area contributed by atoms with Crippen molar-refractivity contribution in [2.75, 3.05) is 0 Å². The van der Waals surface area contributed by atoms with Crippen molar-refractivity contribution in [2.24, 2.45) is 5.92 Å². The molecule has 0 radical (unpaired) electrons. The van der Waals surface area contributed by atoms with Gasteiger partial charge in [0.15, 0.2) is 28.7 Å². The van der Waals surface area contributed by atoms with Crippen LogP contribution in [0.1, 0.15) is 65.8 Å². The average molecular weight is 466 g/mol. The quantitative estimate of drug-likeness (QED) is 0.171. The zero-order valence-electron chi connectivity index (χ0n) is 18.1. The molecular formula is C22H26O11. The Labute approximate surface area is 188 Å². The number of hydrogen-bond donors (Lipinski definition) is 6. The van der Waals surface area contributed by atoms with Gasteiger partial charge in [0.1, 0.15) is 0 Å². The van der Waals surface area contributed by atoms with Crippen LogP contribution in [0.25, 0.3) is 0 Å². The van der Waals surface area contributed by atoms with Crippen LogP contribution in [-0.4, -0.2) is 42.6 Å². The molecule has 0 aliphatic heterocycles. The summed E-state index contributed by atoms with van der Waals surface area (Å²) in [5.74, 6) is -7.12. The van der Waals surface area contributed by atoms with Crippen molar-refractivity contribution in [1.29, 1.82) is 0 Å². The predicted octanol–water partition coefficient (Wildman–Crippen LogP) is 3.54. The van der Waals surface area contributed by atoms with Gasteiger partial charge in [-0.25, -0.2) is 9.59 Å². The number of unbranched alkanes of at least 4 members (excludes halogenated alkanes) is 1. The van der Waals surface area contributed by atoms with E-state index in [-0.39, 0.29) is 23.5 Å². The molecular weight excluding hydrogens is 440 g/mol. The van der Waals surface area contributed by atoms with Gasteiger partial charge in [-0.2, -0.15) is 0 Å². The molecule has 11 heteroatoms. The molecule has 0 saturated heterocycles. The summed E-state index contributed by atoms with van der Waals surface area (Å²) < 4.78 is 0. The fraction of sp³-hybridized carbons (Fsp3) is 0.364. The highest BCUT2D eigenvalue weighted by atomic mass is 17.5. The molecule has 0 saturated carbocycles. The number of benzene rings is 2. The van der Waals surface area contributed by atoms with Gasteiger partial charge < -0.3 is 30.6 Å². The highest BCUT2D eigenvalue weighted by molar-refractivity contribution is 5.93. The molecule has 0 bridgehead atoms. The topological polar surface area (TPSA) is 183 Å². The zero-order chi connectivity index (χ0) is 24.7. The lowest BCUT2D eigenvalue weighted by Gasteiger charge is -2.18. The smallest absolute Gasteiger partial charge is 0.377 e. The first kappa shape index (κ1) is 25.4. The van der Waals surface area contributed by atoms with Gasteiger partial charge >= 0.3 is 11.9 Å². The Morgan fingerprint density at radius 3 is 1.97 bits per heavy atom. The van der Waals surface area contributed by atoms with Crippen LogP contribution in [0.15, 0.2) is 18.2 Å². The summed E-state index contributed by atoms with van der Waals surface area (Å²) in [5.41, 5.74) is -0.712. The average Bonchev–Trinajstić information content (AvgIpc) is 2.79. The maximum atomic E-state index is 12.5. The second-order valence-electron chi connectivity index (χ2n) is 7.41. The normalized spacial score (nSPS) is 11.7. The molecule has 11 nitrogen and oxygen atoms in total. The summed E-state index contributed by atoms with van der Waals surface area (Å²) in [6.45, 7) is 3.97. The Balaban J connectivity index is 2.15. The van der Waals surface area contributed by atoms with E-state index in [1.807, 2.05) is 13.8 Å². The number of carbonyl (C=O) groups is 2. The summed E-state index contributed by atoms with van der Waals surface area (Å²) in [6, 6.07) is 2.44. The van der Waals surface area contributed by atoms with Crippen LogP contribution in [0.2, 0.25) is 0 Å². The molecule has 0 spiro atoms. The lowest BCUT2D eigenvalue weighted by atomic mass is 9.89. The van der Waals surface area contributed by atoms with Crippen LogP contribution in [0, 0.1) is 5.92 Å². The summed E-state index contributed by atoms with van der Waals surface area (Å²) in [6.07, 6.45) is 3.62. The molecule has 180 valence electrons. The minimum absolute atomic E-state index is 0.0292. The van der Waals surface area contributed by atoms with Crippen LogP contribution in [-0.2, 0) is 21.2 Å². The van der Waals surface area contributed by atoms with E-state index >= 15 is 0 Å². The van der Waals surface area contributed by atoms with Crippen molar-refractivity contribution in [1.82, 2.24) is 0 Å². The monoisotopic (exact) mass is 466 g/mol. The minimum Gasteiger partial charge on any atom is -0.504 e. The third-order valence-electron chi connectivity index (χ3n) is 5.14. The predicted molar refractivity (Wildman–Crippen MR) is 112 cm³/mol. The first-order valence-electron chi connectivity index (χ1n) is 10.2. The Kier molecular flexibility index (Phi) is 8.57. The molecule has 1 atom stereocenters. The summed E-state index contributed by atoms with van der Waals surface area (Å²) in [5, 5.41) is 62.3. The molecule has 0 heterocycles. The molecule has 0 aliphatic carbocycles. The largest absolute Gasteiger partial charge is 0.504 e. The van der Waals surface area contributed by atoms with Crippen molar-refractivity contribution >= 4 is 11.9 Å². The van der Waals surface area contributed by atoms with E-state index in [0.29, 0.717) is 0 Å². The molecule has 2 aromatic carbocycles. The fourth-order valence-corrected chi connectivity index (χ4v) is 3.20. The lowest BCUT2D eigenvalue weighted by molar-refractivity contribution is -0.446. The Morgan fingerprint density at radius 2 is 1.39 bits per heavy atom. The number of rotatable bonds is 10. The maximum Gasteiger partial charge on any atom is 0.377 e. The van der Waals surface area contributed by atoms with Crippen LogP contribution in [0.4, 0.5) is 0 Å². The Bertz CT molecular complexity index is 993. The molecule has 0 aliphatic rings. The van der Waals surface area contributed by atoms with Crippen molar-refractivity contribution in [3.05, 3.63) is 34.9 Å².